The summed E-state index contributed by atoms with van der Waals surface area (Å²) in [7, 11) is 0. The first-order chi connectivity index (χ1) is 18.0. The predicted octanol–water partition coefficient (Wildman–Crippen LogP) is 3.08. The van der Waals surface area contributed by atoms with Gasteiger partial charge >= 0.3 is 0 Å². The highest BCUT2D eigenvalue weighted by atomic mass is 16.2. The summed E-state index contributed by atoms with van der Waals surface area (Å²) in [5, 5.41) is 0. The number of imide groups is 1. The lowest BCUT2D eigenvalue weighted by Crippen LogP contribution is -2.71. The Morgan fingerprint density at radius 2 is 1.08 bits per heavy atom. The first-order valence-electron chi connectivity index (χ1n) is 12.9. The van der Waals surface area contributed by atoms with Crippen LogP contribution in [0.3, 0.4) is 0 Å². The van der Waals surface area contributed by atoms with E-state index in [1.165, 1.54) is 0 Å². The van der Waals surface area contributed by atoms with Crippen LogP contribution in [0.1, 0.15) is 30.9 Å². The summed E-state index contributed by atoms with van der Waals surface area (Å²) in [6, 6.07) is 18.3. The van der Waals surface area contributed by atoms with Crippen molar-refractivity contribution in [2.45, 2.75) is 44.9 Å². The Hall–Kier alpha value is -4.00. The lowest BCUT2D eigenvalue weighted by Gasteiger charge is -2.54. The van der Waals surface area contributed by atoms with Gasteiger partial charge in [-0.15, -0.1) is 0 Å². The molecule has 6 heterocycles. The van der Waals surface area contributed by atoms with Crippen LogP contribution in [0.2, 0.25) is 0 Å². The maximum Gasteiger partial charge on any atom is 0.250 e. The largest absolute Gasteiger partial charge is 0.328 e. The van der Waals surface area contributed by atoms with E-state index in [0.717, 1.165) is 22.4 Å². The van der Waals surface area contributed by atoms with Crippen LogP contribution in [0.4, 0.5) is 0 Å². The van der Waals surface area contributed by atoms with Crippen molar-refractivity contribution in [2.24, 2.45) is 10.8 Å². The van der Waals surface area contributed by atoms with Crippen LogP contribution >= 0.6 is 0 Å². The Bertz CT molecular complexity index is 1240. The van der Waals surface area contributed by atoms with E-state index in [0.29, 0.717) is 6.42 Å². The monoisotopic (exact) mass is 495 g/mol. The second-order valence-electron chi connectivity index (χ2n) is 10.3. The van der Waals surface area contributed by atoms with Crippen LogP contribution in [0.5, 0.6) is 0 Å². The van der Waals surface area contributed by atoms with Crippen molar-refractivity contribution in [3.63, 3.8) is 0 Å². The molecule has 2 aromatic rings. The first-order valence-corrected chi connectivity index (χ1v) is 12.9. The summed E-state index contributed by atoms with van der Waals surface area (Å²) in [5.74, 6) is -2.13. The molecule has 2 fully saturated rings. The molecule has 0 aromatic heterocycles. The summed E-state index contributed by atoms with van der Waals surface area (Å²) in [6.45, 7) is 2.71. The maximum atomic E-state index is 14.4. The molecule has 0 unspecified atom stereocenters. The van der Waals surface area contributed by atoms with Crippen molar-refractivity contribution >= 4 is 23.6 Å². The Labute approximate surface area is 216 Å². The molecular weight excluding hydrogens is 466 g/mol. The van der Waals surface area contributed by atoms with Crippen LogP contribution < -0.4 is 0 Å². The Morgan fingerprint density at radius 3 is 1.49 bits per heavy atom. The molecular formula is C30H29N3O4. The Balaban J connectivity index is 1.54. The minimum Gasteiger partial charge on any atom is -0.328 e. The van der Waals surface area contributed by atoms with E-state index in [-0.39, 0.29) is 19.6 Å². The third-order valence-electron chi connectivity index (χ3n) is 8.27. The van der Waals surface area contributed by atoms with Crippen molar-refractivity contribution in [3.05, 3.63) is 96.1 Å². The van der Waals surface area contributed by atoms with Crippen LogP contribution in [0.25, 0.3) is 0 Å². The quantitative estimate of drug-likeness (QED) is 0.336. The molecule has 37 heavy (non-hydrogen) atoms. The highest BCUT2D eigenvalue weighted by Gasteiger charge is 2.79. The second kappa shape index (κ2) is 8.54. The van der Waals surface area contributed by atoms with Gasteiger partial charge in [0.2, 0.25) is 11.8 Å². The highest BCUT2D eigenvalue weighted by Crippen LogP contribution is 2.58. The Morgan fingerprint density at radius 1 is 0.649 bits per heavy atom. The van der Waals surface area contributed by atoms with Gasteiger partial charge in [-0.1, -0.05) is 98.3 Å². The van der Waals surface area contributed by atoms with Crippen molar-refractivity contribution in [2.75, 3.05) is 6.54 Å². The molecule has 7 heteroatoms. The Kier molecular flexibility index (Phi) is 5.40. The standard InChI is InChI=1S/C30H29N3O4/c1-2-3-18-31-25(34)29-16-14-23(32(27(29)36)19-21-10-6-4-7-11-21)24-15-17-30(29,26(31)35)28(37)33(24)20-22-12-8-5-9-13-22/h4-17,23-24H,2-3,18-20H2,1H3/t23-,24-,29+,30+/m0/s1. The minimum absolute atomic E-state index is 0.185. The van der Waals surface area contributed by atoms with Gasteiger partial charge in [0.25, 0.3) is 11.8 Å². The molecule has 4 bridgehead atoms. The van der Waals surface area contributed by atoms with Gasteiger partial charge in [0.1, 0.15) is 0 Å². The molecule has 0 radical (unpaired) electrons. The van der Waals surface area contributed by atoms with Crippen molar-refractivity contribution in [1.29, 1.82) is 0 Å². The summed E-state index contributed by atoms with van der Waals surface area (Å²) >= 11 is 0. The van der Waals surface area contributed by atoms with Gasteiger partial charge in [-0.05, 0) is 17.5 Å². The van der Waals surface area contributed by atoms with E-state index in [2.05, 4.69) is 0 Å². The third-order valence-corrected chi connectivity index (χ3v) is 8.27. The molecule has 0 saturated carbocycles. The van der Waals surface area contributed by atoms with Gasteiger partial charge in [-0.3, -0.25) is 24.1 Å². The van der Waals surface area contributed by atoms with Crippen LogP contribution in [0.15, 0.2) is 85.0 Å². The third kappa shape index (κ3) is 3.06. The molecule has 4 atom stereocenters. The molecule has 0 N–H and O–H groups in total. The van der Waals surface area contributed by atoms with Crippen molar-refractivity contribution in [3.8, 4) is 0 Å². The van der Waals surface area contributed by atoms with E-state index < -0.39 is 46.5 Å². The van der Waals surface area contributed by atoms with E-state index >= 15 is 0 Å². The number of nitrogens with zero attached hydrogens (tertiary/aromatic N) is 3. The van der Waals surface area contributed by atoms with Crippen molar-refractivity contribution in [1.82, 2.24) is 14.7 Å². The zero-order valence-electron chi connectivity index (χ0n) is 20.7. The number of amides is 4. The van der Waals surface area contributed by atoms with Crippen LogP contribution in [0, 0.1) is 10.8 Å². The summed E-state index contributed by atoms with van der Waals surface area (Å²) in [5.41, 5.74) is -2.00. The average molecular weight is 496 g/mol. The molecule has 7 nitrogen and oxygen atoms in total. The van der Waals surface area contributed by atoms with Gasteiger partial charge < -0.3 is 9.80 Å². The SMILES string of the molecule is CCCCN1C(=O)[C@@]23C=C[C@@H]([C@@H]4C=C[C@@]2(C1=O)C(=O)N4Cc1ccccc1)N(Cc1ccccc1)C3=O. The first kappa shape index (κ1) is 23.4. The van der Waals surface area contributed by atoms with E-state index in [4.69, 9.17) is 0 Å². The van der Waals surface area contributed by atoms with E-state index in [1.807, 2.05) is 79.7 Å². The number of likely N-dealkylation sites (tertiary alicyclic amines) is 1. The zero-order valence-corrected chi connectivity index (χ0v) is 20.7. The summed E-state index contributed by atoms with van der Waals surface area (Å²) in [4.78, 5) is 61.6. The fraction of sp³-hybridized carbons (Fsp3) is 0.333. The number of benzene rings is 2. The van der Waals surface area contributed by atoms with Gasteiger partial charge in [0.15, 0.2) is 10.8 Å². The number of rotatable bonds is 7. The average Bonchev–Trinajstić information content (AvgIpc) is 3.07. The molecule has 7 aliphatic rings. The van der Waals surface area contributed by atoms with Gasteiger partial charge in [-0.25, -0.2) is 0 Å². The van der Waals surface area contributed by atoms with Gasteiger partial charge in [0, 0.05) is 19.6 Å². The molecule has 9 rings (SSSR count). The number of carbonyl (C=O) groups is 4. The lowest BCUT2D eigenvalue weighted by atomic mass is 9.58. The van der Waals surface area contributed by atoms with Gasteiger partial charge in [0.05, 0.1) is 12.1 Å². The molecule has 2 spiro atoms. The maximum absolute atomic E-state index is 14.4. The van der Waals surface area contributed by atoms with E-state index in [1.54, 1.807) is 22.0 Å². The summed E-state index contributed by atoms with van der Waals surface area (Å²) in [6.07, 6.45) is 8.25. The fourth-order valence-electron chi connectivity index (χ4n) is 6.37. The zero-order chi connectivity index (χ0) is 25.8. The van der Waals surface area contributed by atoms with Crippen molar-refractivity contribution < 1.29 is 19.2 Å². The predicted molar refractivity (Wildman–Crippen MR) is 136 cm³/mol. The molecule has 1 aliphatic carbocycles. The van der Waals surface area contributed by atoms with E-state index in [9.17, 15) is 19.2 Å². The molecule has 188 valence electrons. The molecule has 4 amide bonds. The minimum atomic E-state index is -1.92. The smallest absolute Gasteiger partial charge is 0.250 e. The summed E-state index contributed by atoms with van der Waals surface area (Å²) < 4.78 is 0. The molecule has 6 aliphatic heterocycles. The molecule has 2 saturated heterocycles. The highest BCUT2D eigenvalue weighted by molar-refractivity contribution is 6.30. The number of hydrogen-bond acceptors (Lipinski definition) is 4. The molecule has 2 aromatic carbocycles. The second-order valence-corrected chi connectivity index (χ2v) is 10.3. The lowest BCUT2D eigenvalue weighted by molar-refractivity contribution is -0.171. The number of hydrogen-bond donors (Lipinski definition) is 0. The number of unbranched alkanes of at least 4 members (excludes halogenated alkanes) is 1. The fourth-order valence-corrected chi connectivity index (χ4v) is 6.37. The van der Waals surface area contributed by atoms with Crippen LogP contribution in [-0.4, -0.2) is 57.0 Å². The normalized spacial score (nSPS) is 29.8. The number of carbonyl (C=O) groups excluding carboxylic acids is 4. The topological polar surface area (TPSA) is 78.0 Å². The van der Waals surface area contributed by atoms with Crippen LogP contribution in [-0.2, 0) is 32.3 Å². The van der Waals surface area contributed by atoms with Gasteiger partial charge in [-0.2, -0.15) is 0 Å².